The molecule has 2 atom stereocenters. The minimum absolute atomic E-state index is 0.00667. The molecule has 28 heavy (non-hydrogen) atoms. The van der Waals surface area contributed by atoms with Gasteiger partial charge in [-0.25, -0.2) is 0 Å². The number of esters is 2. The van der Waals surface area contributed by atoms with Crippen molar-refractivity contribution >= 4 is 11.9 Å². The molecule has 1 heterocycles. The SMILES string of the molecule is CC(O)COC(C)CO.O=C1CCCCCCCCCCCC(=O)OCCO1. The highest BCUT2D eigenvalue weighted by Crippen LogP contribution is 2.12. The number of carbonyl (C=O) groups is 2. The second kappa shape index (κ2) is 19.2. The normalized spacial score (nSPS) is 20.6. The third kappa shape index (κ3) is 19.6. The Hall–Kier alpha value is -1.18. The highest BCUT2D eigenvalue weighted by molar-refractivity contribution is 5.70. The molecule has 2 N–H and O–H groups in total. The Kier molecular flexibility index (Phi) is 18.3. The minimum Gasteiger partial charge on any atom is -0.462 e. The summed E-state index contributed by atoms with van der Waals surface area (Å²) in [4.78, 5) is 22.7. The van der Waals surface area contributed by atoms with Crippen LogP contribution < -0.4 is 0 Å². The first kappa shape index (κ1) is 26.8. The Labute approximate surface area is 169 Å². The van der Waals surface area contributed by atoms with Crippen molar-refractivity contribution in [3.8, 4) is 0 Å². The number of hydrogen-bond acceptors (Lipinski definition) is 7. The van der Waals surface area contributed by atoms with E-state index in [1.54, 1.807) is 13.8 Å². The van der Waals surface area contributed by atoms with Crippen LogP contribution in [-0.4, -0.2) is 60.8 Å². The Balaban J connectivity index is 0.000000684. The fourth-order valence-corrected chi connectivity index (χ4v) is 2.59. The average Bonchev–Trinajstić information content (AvgIpc) is 2.67. The van der Waals surface area contributed by atoms with Crippen molar-refractivity contribution in [2.45, 2.75) is 96.7 Å². The fourth-order valence-electron chi connectivity index (χ4n) is 2.59. The maximum atomic E-state index is 11.3. The van der Waals surface area contributed by atoms with Gasteiger partial charge in [-0.3, -0.25) is 9.59 Å². The lowest BCUT2D eigenvalue weighted by atomic mass is 10.1. The largest absolute Gasteiger partial charge is 0.462 e. The lowest BCUT2D eigenvalue weighted by molar-refractivity contribution is -0.152. The van der Waals surface area contributed by atoms with Crippen LogP contribution in [0.25, 0.3) is 0 Å². The van der Waals surface area contributed by atoms with E-state index in [9.17, 15) is 9.59 Å². The van der Waals surface area contributed by atoms with Crippen LogP contribution in [0.2, 0.25) is 0 Å². The fraction of sp³-hybridized carbons (Fsp3) is 0.905. The number of ether oxygens (including phenoxy) is 3. The summed E-state index contributed by atoms with van der Waals surface area (Å²) in [6.07, 6.45) is 10.5. The summed E-state index contributed by atoms with van der Waals surface area (Å²) in [6, 6.07) is 0. The van der Waals surface area contributed by atoms with Crippen LogP contribution in [0, 0.1) is 0 Å². The van der Waals surface area contributed by atoms with Crippen LogP contribution in [0.15, 0.2) is 0 Å². The van der Waals surface area contributed by atoms with Gasteiger partial charge in [0.05, 0.1) is 25.4 Å². The van der Waals surface area contributed by atoms with E-state index in [4.69, 9.17) is 24.4 Å². The van der Waals surface area contributed by atoms with Crippen LogP contribution in [0.5, 0.6) is 0 Å². The zero-order valence-electron chi connectivity index (χ0n) is 17.7. The molecule has 0 aromatic heterocycles. The van der Waals surface area contributed by atoms with Crippen molar-refractivity contribution in [2.24, 2.45) is 0 Å². The van der Waals surface area contributed by atoms with Gasteiger partial charge in [0, 0.05) is 12.8 Å². The van der Waals surface area contributed by atoms with Gasteiger partial charge < -0.3 is 24.4 Å². The standard InChI is InChI=1S/C15H26O4.C6H14O3/c16-14-10-8-6-4-2-1-3-5-7-9-11-15(17)19-13-12-18-14;1-5(8)4-9-6(2)3-7/h1-13H2;5-8H,3-4H2,1-2H3. The number of cyclic esters (lactones) is 2. The first-order chi connectivity index (χ1) is 13.5. The van der Waals surface area contributed by atoms with E-state index in [1.807, 2.05) is 0 Å². The third-order valence-electron chi connectivity index (χ3n) is 4.25. The van der Waals surface area contributed by atoms with Crippen molar-refractivity contribution in [2.75, 3.05) is 26.4 Å². The van der Waals surface area contributed by atoms with Crippen LogP contribution >= 0.6 is 0 Å². The first-order valence-corrected chi connectivity index (χ1v) is 10.7. The quantitative estimate of drug-likeness (QED) is 0.694. The summed E-state index contributed by atoms with van der Waals surface area (Å²) in [5, 5.41) is 17.1. The molecular formula is C21H40O7. The molecule has 1 aliphatic heterocycles. The molecule has 7 nitrogen and oxygen atoms in total. The smallest absolute Gasteiger partial charge is 0.305 e. The van der Waals surface area contributed by atoms with Crippen molar-refractivity contribution < 1.29 is 34.0 Å². The van der Waals surface area contributed by atoms with Crippen LogP contribution in [0.3, 0.4) is 0 Å². The number of rotatable bonds is 4. The van der Waals surface area contributed by atoms with E-state index in [2.05, 4.69) is 0 Å². The van der Waals surface area contributed by atoms with Gasteiger partial charge in [-0.05, 0) is 26.7 Å². The van der Waals surface area contributed by atoms with E-state index < -0.39 is 6.10 Å². The summed E-state index contributed by atoms with van der Waals surface area (Å²) >= 11 is 0. The van der Waals surface area contributed by atoms with Gasteiger partial charge in [0.1, 0.15) is 13.2 Å². The monoisotopic (exact) mass is 404 g/mol. The molecule has 0 saturated carbocycles. The molecule has 1 saturated heterocycles. The summed E-state index contributed by atoms with van der Waals surface area (Å²) in [7, 11) is 0. The summed E-state index contributed by atoms with van der Waals surface area (Å²) in [5.74, 6) is -0.360. The molecule has 0 amide bonds. The zero-order chi connectivity index (χ0) is 21.0. The molecule has 0 bridgehead atoms. The maximum Gasteiger partial charge on any atom is 0.305 e. The zero-order valence-corrected chi connectivity index (χ0v) is 17.7. The van der Waals surface area contributed by atoms with Crippen molar-refractivity contribution in [3.63, 3.8) is 0 Å². The third-order valence-corrected chi connectivity index (χ3v) is 4.25. The molecule has 0 aromatic rings. The van der Waals surface area contributed by atoms with Crippen LogP contribution in [-0.2, 0) is 23.8 Å². The van der Waals surface area contributed by atoms with Gasteiger partial charge in [0.2, 0.25) is 0 Å². The number of aliphatic hydroxyl groups excluding tert-OH is 2. The van der Waals surface area contributed by atoms with Gasteiger partial charge in [-0.15, -0.1) is 0 Å². The highest BCUT2D eigenvalue weighted by atomic mass is 16.6. The van der Waals surface area contributed by atoms with Crippen LogP contribution in [0.4, 0.5) is 0 Å². The van der Waals surface area contributed by atoms with Gasteiger partial charge in [0.15, 0.2) is 0 Å². The second-order valence-corrected chi connectivity index (χ2v) is 7.30. The number of hydrogen-bond donors (Lipinski definition) is 2. The van der Waals surface area contributed by atoms with Gasteiger partial charge in [-0.1, -0.05) is 44.9 Å². The van der Waals surface area contributed by atoms with Gasteiger partial charge >= 0.3 is 11.9 Å². The minimum atomic E-state index is -0.445. The summed E-state index contributed by atoms with van der Waals surface area (Å²) < 4.78 is 15.0. The summed E-state index contributed by atoms with van der Waals surface area (Å²) in [6.45, 7) is 4.07. The molecule has 166 valence electrons. The Morgan fingerprint density at radius 3 is 1.57 bits per heavy atom. The number of aliphatic hydroxyl groups is 2. The molecule has 0 aliphatic carbocycles. The average molecular weight is 405 g/mol. The van der Waals surface area contributed by atoms with Gasteiger partial charge in [0.25, 0.3) is 0 Å². The van der Waals surface area contributed by atoms with E-state index in [1.165, 1.54) is 32.1 Å². The maximum absolute atomic E-state index is 11.3. The van der Waals surface area contributed by atoms with Gasteiger partial charge in [-0.2, -0.15) is 0 Å². The Morgan fingerprint density at radius 1 is 0.821 bits per heavy atom. The predicted octanol–water partition coefficient (Wildman–Crippen LogP) is 3.14. The molecular weight excluding hydrogens is 364 g/mol. The Morgan fingerprint density at radius 2 is 1.21 bits per heavy atom. The van der Waals surface area contributed by atoms with Crippen LogP contribution in [0.1, 0.15) is 84.5 Å². The molecule has 0 aromatic carbocycles. The number of carbonyl (C=O) groups excluding carboxylic acids is 2. The molecule has 1 fully saturated rings. The van der Waals surface area contributed by atoms with Crippen molar-refractivity contribution in [1.29, 1.82) is 0 Å². The molecule has 1 rings (SSSR count). The molecule has 1 aliphatic rings. The van der Waals surface area contributed by atoms with Crippen molar-refractivity contribution in [1.82, 2.24) is 0 Å². The predicted molar refractivity (Wildman–Crippen MR) is 107 cm³/mol. The van der Waals surface area contributed by atoms with Crippen molar-refractivity contribution in [3.05, 3.63) is 0 Å². The first-order valence-electron chi connectivity index (χ1n) is 10.7. The lowest BCUT2D eigenvalue weighted by Crippen LogP contribution is -2.19. The lowest BCUT2D eigenvalue weighted by Gasteiger charge is -2.10. The van der Waals surface area contributed by atoms with E-state index in [0.29, 0.717) is 19.4 Å². The second-order valence-electron chi connectivity index (χ2n) is 7.30. The topological polar surface area (TPSA) is 102 Å². The van der Waals surface area contributed by atoms with E-state index in [-0.39, 0.29) is 37.9 Å². The summed E-state index contributed by atoms with van der Waals surface area (Å²) in [5.41, 5.74) is 0. The van der Waals surface area contributed by atoms with E-state index >= 15 is 0 Å². The molecule has 0 spiro atoms. The Bertz CT molecular complexity index is 359. The van der Waals surface area contributed by atoms with E-state index in [0.717, 1.165) is 25.7 Å². The molecule has 2 unspecified atom stereocenters. The highest BCUT2D eigenvalue weighted by Gasteiger charge is 2.06. The molecule has 7 heteroatoms. The molecule has 0 radical (unpaired) electrons.